The number of aromatic nitrogens is 2. The highest BCUT2D eigenvalue weighted by Crippen LogP contribution is 2.29. The Morgan fingerprint density at radius 3 is 2.71 bits per heavy atom. The lowest BCUT2D eigenvalue weighted by Gasteiger charge is -2.26. The largest absolute Gasteiger partial charge is 0.315 e. The number of thiophene rings is 1. The van der Waals surface area contributed by atoms with E-state index in [1.165, 1.54) is 10.4 Å². The van der Waals surface area contributed by atoms with Crippen LogP contribution >= 0.6 is 11.3 Å². The van der Waals surface area contributed by atoms with Crippen molar-refractivity contribution in [3.63, 3.8) is 0 Å². The Labute approximate surface area is 105 Å². The Hall–Kier alpha value is -1.26. The maximum absolute atomic E-state index is 4.72. The molecule has 1 aliphatic rings. The molecule has 2 aromatic heterocycles. The van der Waals surface area contributed by atoms with Crippen molar-refractivity contribution in [2.75, 3.05) is 13.1 Å². The van der Waals surface area contributed by atoms with E-state index in [1.807, 2.05) is 6.92 Å². The Kier molecular flexibility index (Phi) is 2.68. The zero-order chi connectivity index (χ0) is 11.8. The Bertz CT molecular complexity index is 543. The summed E-state index contributed by atoms with van der Waals surface area (Å²) in [5.41, 5.74) is 3.43. The third kappa shape index (κ3) is 1.98. The monoisotopic (exact) mass is 245 g/mol. The highest BCUT2D eigenvalue weighted by molar-refractivity contribution is 7.13. The minimum Gasteiger partial charge on any atom is -0.315 e. The third-order valence-electron chi connectivity index (χ3n) is 3.11. The van der Waals surface area contributed by atoms with E-state index < -0.39 is 0 Å². The van der Waals surface area contributed by atoms with Gasteiger partial charge in [0.05, 0.1) is 10.6 Å². The summed E-state index contributed by atoms with van der Waals surface area (Å²) < 4.78 is 0. The van der Waals surface area contributed by atoms with Crippen LogP contribution in [0.15, 0.2) is 17.5 Å². The molecule has 1 fully saturated rings. The molecule has 3 heterocycles. The molecule has 0 atom stereocenters. The van der Waals surface area contributed by atoms with Gasteiger partial charge in [-0.2, -0.15) is 0 Å². The quantitative estimate of drug-likeness (QED) is 0.883. The van der Waals surface area contributed by atoms with E-state index >= 15 is 0 Å². The van der Waals surface area contributed by atoms with E-state index in [4.69, 9.17) is 4.98 Å². The van der Waals surface area contributed by atoms with Gasteiger partial charge in [0, 0.05) is 24.7 Å². The number of hydrogen-bond donors (Lipinski definition) is 1. The van der Waals surface area contributed by atoms with Gasteiger partial charge < -0.3 is 5.32 Å². The summed E-state index contributed by atoms with van der Waals surface area (Å²) in [6.07, 6.45) is 0. The lowest BCUT2D eigenvalue weighted by molar-refractivity contribution is 0.429. The number of nitrogens with zero attached hydrogens (tertiary/aromatic N) is 2. The van der Waals surface area contributed by atoms with Crippen LogP contribution in [0.3, 0.4) is 0 Å². The molecule has 4 heteroatoms. The first-order chi connectivity index (χ1) is 8.24. The fourth-order valence-corrected chi connectivity index (χ4v) is 2.88. The van der Waals surface area contributed by atoms with Crippen LogP contribution in [-0.2, 0) is 0 Å². The average molecular weight is 245 g/mol. The van der Waals surface area contributed by atoms with Gasteiger partial charge in [0.25, 0.3) is 0 Å². The van der Waals surface area contributed by atoms with Gasteiger partial charge >= 0.3 is 0 Å². The number of rotatable bonds is 2. The second-order valence-corrected chi connectivity index (χ2v) is 5.46. The van der Waals surface area contributed by atoms with Gasteiger partial charge in [0.1, 0.15) is 5.82 Å². The van der Waals surface area contributed by atoms with E-state index in [9.17, 15) is 0 Å². The number of aryl methyl sites for hydroxylation is 2. The van der Waals surface area contributed by atoms with Crippen molar-refractivity contribution in [1.29, 1.82) is 0 Å². The molecule has 3 rings (SSSR count). The van der Waals surface area contributed by atoms with Crippen molar-refractivity contribution >= 4 is 11.3 Å². The lowest BCUT2D eigenvalue weighted by atomic mass is 10.0. The van der Waals surface area contributed by atoms with Crippen LogP contribution in [0, 0.1) is 13.8 Å². The number of nitrogens with one attached hydrogen (secondary N) is 1. The minimum absolute atomic E-state index is 0.494. The van der Waals surface area contributed by atoms with Crippen LogP contribution in [0.1, 0.15) is 23.0 Å². The van der Waals surface area contributed by atoms with Gasteiger partial charge in [-0.1, -0.05) is 0 Å². The maximum Gasteiger partial charge on any atom is 0.134 e. The molecule has 3 nitrogen and oxygen atoms in total. The number of hydrogen-bond acceptors (Lipinski definition) is 4. The third-order valence-corrected chi connectivity index (χ3v) is 4.15. The van der Waals surface area contributed by atoms with Crippen LogP contribution in [0.4, 0.5) is 0 Å². The second kappa shape index (κ2) is 4.20. The molecule has 0 radical (unpaired) electrons. The molecule has 88 valence electrons. The first kappa shape index (κ1) is 10.9. The molecule has 0 amide bonds. The van der Waals surface area contributed by atoms with Gasteiger partial charge in [0.15, 0.2) is 0 Å². The van der Waals surface area contributed by atoms with Crippen molar-refractivity contribution in [1.82, 2.24) is 15.3 Å². The normalized spacial score (nSPS) is 15.9. The molecule has 1 aliphatic heterocycles. The Balaban J connectivity index is 2.05. The zero-order valence-electron chi connectivity index (χ0n) is 10.0. The highest BCUT2D eigenvalue weighted by atomic mass is 32.1. The van der Waals surface area contributed by atoms with Crippen molar-refractivity contribution in [2.45, 2.75) is 19.8 Å². The van der Waals surface area contributed by atoms with E-state index in [-0.39, 0.29) is 0 Å². The smallest absolute Gasteiger partial charge is 0.134 e. The summed E-state index contributed by atoms with van der Waals surface area (Å²) in [5, 5.41) is 5.39. The summed E-state index contributed by atoms with van der Waals surface area (Å²) in [6.45, 7) is 6.19. The predicted molar refractivity (Wildman–Crippen MR) is 70.4 cm³/mol. The van der Waals surface area contributed by atoms with Gasteiger partial charge in [-0.15, -0.1) is 11.3 Å². The standard InChI is InChI=1S/C13H15N3S/c1-8-3-4-17-12(8)11-5-9(2)15-13(16-11)10-6-14-7-10/h3-5,10,14H,6-7H2,1-2H3. The van der Waals surface area contributed by atoms with Crippen molar-refractivity contribution < 1.29 is 0 Å². The zero-order valence-corrected chi connectivity index (χ0v) is 10.8. The molecule has 0 aromatic carbocycles. The van der Waals surface area contributed by atoms with Crippen molar-refractivity contribution in [2.24, 2.45) is 0 Å². The fourth-order valence-electron chi connectivity index (χ4n) is 2.00. The molecule has 0 spiro atoms. The highest BCUT2D eigenvalue weighted by Gasteiger charge is 2.22. The minimum atomic E-state index is 0.494. The van der Waals surface area contributed by atoms with Crippen LogP contribution in [0.5, 0.6) is 0 Å². The van der Waals surface area contributed by atoms with E-state index in [2.05, 4.69) is 34.7 Å². The SMILES string of the molecule is Cc1cc(-c2sccc2C)nc(C2CNC2)n1. The molecule has 0 aliphatic carbocycles. The van der Waals surface area contributed by atoms with Crippen LogP contribution in [-0.4, -0.2) is 23.1 Å². The van der Waals surface area contributed by atoms with Crippen LogP contribution in [0.2, 0.25) is 0 Å². The second-order valence-electron chi connectivity index (χ2n) is 4.54. The maximum atomic E-state index is 4.72. The van der Waals surface area contributed by atoms with E-state index in [0.717, 1.165) is 30.3 Å². The summed E-state index contributed by atoms with van der Waals surface area (Å²) in [4.78, 5) is 10.5. The lowest BCUT2D eigenvalue weighted by Crippen LogP contribution is -2.41. The van der Waals surface area contributed by atoms with Crippen LogP contribution < -0.4 is 5.32 Å². The molecule has 1 saturated heterocycles. The predicted octanol–water partition coefficient (Wildman–Crippen LogP) is 2.51. The summed E-state index contributed by atoms with van der Waals surface area (Å²) in [5.74, 6) is 1.49. The van der Waals surface area contributed by atoms with Gasteiger partial charge in [-0.05, 0) is 36.9 Å². The molecular formula is C13H15N3S. The van der Waals surface area contributed by atoms with Gasteiger partial charge in [0.2, 0.25) is 0 Å². The van der Waals surface area contributed by atoms with Gasteiger partial charge in [-0.25, -0.2) is 9.97 Å². The molecule has 0 bridgehead atoms. The topological polar surface area (TPSA) is 37.8 Å². The van der Waals surface area contributed by atoms with Crippen molar-refractivity contribution in [3.8, 4) is 10.6 Å². The van der Waals surface area contributed by atoms with Crippen molar-refractivity contribution in [3.05, 3.63) is 34.6 Å². The molecular weight excluding hydrogens is 230 g/mol. The molecule has 2 aromatic rings. The first-order valence-electron chi connectivity index (χ1n) is 5.85. The molecule has 17 heavy (non-hydrogen) atoms. The van der Waals surface area contributed by atoms with E-state index in [0.29, 0.717) is 5.92 Å². The Morgan fingerprint density at radius 1 is 1.29 bits per heavy atom. The van der Waals surface area contributed by atoms with E-state index in [1.54, 1.807) is 11.3 Å². The molecule has 0 saturated carbocycles. The average Bonchev–Trinajstić information content (AvgIpc) is 2.60. The van der Waals surface area contributed by atoms with Gasteiger partial charge in [-0.3, -0.25) is 0 Å². The summed E-state index contributed by atoms with van der Waals surface area (Å²) in [7, 11) is 0. The van der Waals surface area contributed by atoms with Crippen LogP contribution in [0.25, 0.3) is 10.6 Å². The summed E-state index contributed by atoms with van der Waals surface area (Å²) in [6, 6.07) is 4.22. The summed E-state index contributed by atoms with van der Waals surface area (Å²) >= 11 is 1.75. The molecule has 1 N–H and O–H groups in total. The Morgan fingerprint density at radius 2 is 2.12 bits per heavy atom. The fraction of sp³-hybridized carbons (Fsp3) is 0.385. The molecule has 0 unspecified atom stereocenters. The first-order valence-corrected chi connectivity index (χ1v) is 6.73.